The van der Waals surface area contributed by atoms with Gasteiger partial charge >= 0.3 is 10.3 Å². The summed E-state index contributed by atoms with van der Waals surface area (Å²) >= 11 is 0. The molecule has 0 aliphatic carbocycles. The van der Waals surface area contributed by atoms with E-state index >= 15 is 0 Å². The van der Waals surface area contributed by atoms with Gasteiger partial charge in [0.15, 0.2) is 0 Å². The van der Waals surface area contributed by atoms with Crippen LogP contribution in [0.4, 0.5) is 0 Å². The maximum Gasteiger partial charge on any atom is 0.363 e. The van der Waals surface area contributed by atoms with E-state index in [0.29, 0.717) is 6.42 Å². The molecule has 0 aromatic heterocycles. The fourth-order valence-electron chi connectivity index (χ4n) is 0.374. The topological polar surface area (TPSA) is 66.1 Å². The predicted octanol–water partition coefficient (Wildman–Crippen LogP) is 0.0514. The van der Waals surface area contributed by atoms with Crippen LogP contribution in [0.25, 0.3) is 0 Å². The fourth-order valence-corrected chi connectivity index (χ4v) is 0.768. The Kier molecular flexibility index (Phi) is 3.76. The zero-order chi connectivity index (χ0) is 7.33. The van der Waals surface area contributed by atoms with Gasteiger partial charge < -0.3 is 0 Å². The highest BCUT2D eigenvalue weighted by Crippen LogP contribution is 1.83. The lowest BCUT2D eigenvalue weighted by Gasteiger charge is -1.94. The lowest BCUT2D eigenvalue weighted by atomic mass is 10.3. The van der Waals surface area contributed by atoms with E-state index in [1.54, 1.807) is 0 Å². The zero-order valence-electron chi connectivity index (χ0n) is 5.25. The predicted molar refractivity (Wildman–Crippen MR) is 32.5 cm³/mol. The summed E-state index contributed by atoms with van der Waals surface area (Å²) in [7, 11) is -4.20. The minimum absolute atomic E-state index is 0.252. The Bertz CT molecular complexity index is 151. The average molecular weight is 152 g/mol. The van der Waals surface area contributed by atoms with Crippen LogP contribution in [-0.2, 0) is 14.9 Å². The van der Waals surface area contributed by atoms with Crippen molar-refractivity contribution in [3.8, 4) is 0 Å². The van der Waals surface area contributed by atoms with Gasteiger partial charge in [0.25, 0.3) is 0 Å². The van der Waals surface area contributed by atoms with Crippen LogP contribution < -0.4 is 4.72 Å². The summed E-state index contributed by atoms with van der Waals surface area (Å²) in [6.07, 6.45) is 1.59. The average Bonchev–Trinajstić information content (AvgIpc) is 1.63. The van der Waals surface area contributed by atoms with Gasteiger partial charge in [0.1, 0.15) is 0 Å². The molecule has 0 aromatic carbocycles. The molecule has 55 valence electrons. The second-order valence-electron chi connectivity index (χ2n) is 1.70. The molecule has 5 heteroatoms. The van der Waals surface area contributed by atoms with Crippen LogP contribution in [0.1, 0.15) is 19.8 Å². The van der Waals surface area contributed by atoms with Gasteiger partial charge in [-0.2, -0.15) is 13.1 Å². The van der Waals surface area contributed by atoms with Gasteiger partial charge in [-0.3, -0.25) is 0 Å². The first-order valence-electron chi connectivity index (χ1n) is 2.76. The largest absolute Gasteiger partial charge is 0.363 e. The van der Waals surface area contributed by atoms with E-state index in [9.17, 15) is 13.0 Å². The number of hydrogen-bond donors (Lipinski definition) is 1. The Morgan fingerprint density at radius 1 is 1.44 bits per heavy atom. The molecule has 9 heavy (non-hydrogen) atoms. The van der Waals surface area contributed by atoms with E-state index in [-0.39, 0.29) is 6.54 Å². The minimum Gasteiger partial charge on any atom is -0.190 e. The Hall–Kier alpha value is -0.130. The van der Waals surface area contributed by atoms with Crippen molar-refractivity contribution >= 4 is 10.3 Å². The van der Waals surface area contributed by atoms with Crippen LogP contribution in [0.15, 0.2) is 0 Å². The highest BCUT2D eigenvalue weighted by Gasteiger charge is 2.01. The van der Waals surface area contributed by atoms with E-state index in [1.807, 2.05) is 11.6 Å². The van der Waals surface area contributed by atoms with Crippen LogP contribution in [0.5, 0.6) is 0 Å². The number of unbranched alkanes of at least 4 members (excludes halogenated alkanes) is 1. The van der Waals surface area contributed by atoms with Crippen LogP contribution in [-0.4, -0.2) is 15.0 Å². The summed E-state index contributed by atoms with van der Waals surface area (Å²) in [6.45, 7) is 2.17. The fraction of sp³-hybridized carbons (Fsp3) is 1.00. The summed E-state index contributed by atoms with van der Waals surface area (Å²) < 4.78 is 31.4. The third-order valence-electron chi connectivity index (χ3n) is 0.809. The van der Waals surface area contributed by atoms with Gasteiger partial charge in [0.2, 0.25) is 0 Å². The molecule has 0 bridgehead atoms. The molecular weight excluding hydrogens is 142 g/mol. The monoisotopic (exact) mass is 152 g/mol. The third kappa shape index (κ3) is 7.87. The lowest BCUT2D eigenvalue weighted by molar-refractivity contribution is 0.401. The maximum atomic E-state index is 9.84. The molecule has 4 nitrogen and oxygen atoms in total. The highest BCUT2D eigenvalue weighted by atomic mass is 32.2. The molecule has 0 saturated carbocycles. The molecule has 1 radical (unpaired) electrons. The Morgan fingerprint density at radius 2 is 2.00 bits per heavy atom. The molecule has 0 aliphatic rings. The van der Waals surface area contributed by atoms with Gasteiger partial charge in [-0.25, -0.2) is 0 Å². The first kappa shape index (κ1) is 8.87. The molecule has 0 heterocycles. The Morgan fingerprint density at radius 3 is 2.33 bits per heavy atom. The normalized spacial score (nSPS) is 11.8. The van der Waals surface area contributed by atoms with Crippen LogP contribution in [0.2, 0.25) is 0 Å². The standard InChI is InChI=1S/C4H10NO3S/c1-2-3-4-5-9(6,7)8/h5H,2-4H2,1H3. The smallest absolute Gasteiger partial charge is 0.190 e. The van der Waals surface area contributed by atoms with E-state index in [1.165, 1.54) is 0 Å². The van der Waals surface area contributed by atoms with Gasteiger partial charge in [-0.05, 0) is 6.42 Å². The van der Waals surface area contributed by atoms with Crippen molar-refractivity contribution in [2.24, 2.45) is 0 Å². The van der Waals surface area contributed by atoms with Crippen molar-refractivity contribution in [3.63, 3.8) is 0 Å². The van der Waals surface area contributed by atoms with Crippen molar-refractivity contribution in [3.05, 3.63) is 0 Å². The summed E-state index contributed by atoms with van der Waals surface area (Å²) in [4.78, 5) is 0. The lowest BCUT2D eigenvalue weighted by Crippen LogP contribution is -2.22. The highest BCUT2D eigenvalue weighted by molar-refractivity contribution is 7.83. The van der Waals surface area contributed by atoms with Gasteiger partial charge in [0, 0.05) is 6.54 Å². The number of hydrogen-bond acceptors (Lipinski definition) is 2. The Labute approximate surface area is 55.1 Å². The van der Waals surface area contributed by atoms with Gasteiger partial charge in [0.05, 0.1) is 0 Å². The molecular formula is C4H10NO3S. The van der Waals surface area contributed by atoms with Crippen molar-refractivity contribution < 1.29 is 13.0 Å². The molecule has 0 atom stereocenters. The van der Waals surface area contributed by atoms with Crippen LogP contribution in [0, 0.1) is 0 Å². The summed E-state index contributed by atoms with van der Waals surface area (Å²) in [5.74, 6) is 0. The molecule has 1 N–H and O–H groups in total. The molecule has 0 saturated heterocycles. The maximum absolute atomic E-state index is 9.84. The molecule has 0 unspecified atom stereocenters. The van der Waals surface area contributed by atoms with Crippen molar-refractivity contribution in [2.45, 2.75) is 19.8 Å². The molecule has 0 aliphatic heterocycles. The first-order valence-corrected chi connectivity index (χ1v) is 4.17. The van der Waals surface area contributed by atoms with Crippen molar-refractivity contribution in [2.75, 3.05) is 6.54 Å². The van der Waals surface area contributed by atoms with E-state index in [0.717, 1.165) is 6.42 Å². The molecule has 0 aromatic rings. The second-order valence-corrected chi connectivity index (χ2v) is 2.90. The van der Waals surface area contributed by atoms with Crippen LogP contribution >= 0.6 is 0 Å². The molecule has 0 fully saturated rings. The zero-order valence-corrected chi connectivity index (χ0v) is 6.07. The summed E-state index contributed by atoms with van der Waals surface area (Å²) in [5.41, 5.74) is 0. The number of nitrogens with one attached hydrogen (secondary N) is 1. The SMILES string of the molecule is CCCCNS([O])(=O)=O. The van der Waals surface area contributed by atoms with E-state index in [2.05, 4.69) is 0 Å². The number of rotatable bonds is 4. The van der Waals surface area contributed by atoms with Gasteiger partial charge in [-0.1, -0.05) is 17.9 Å². The third-order valence-corrected chi connectivity index (χ3v) is 1.37. The van der Waals surface area contributed by atoms with E-state index in [4.69, 9.17) is 0 Å². The Balaban J connectivity index is 3.30. The van der Waals surface area contributed by atoms with Gasteiger partial charge in [-0.15, -0.1) is 0 Å². The summed E-state index contributed by atoms with van der Waals surface area (Å²) in [6, 6.07) is 0. The molecule has 0 spiro atoms. The molecule has 0 amide bonds. The summed E-state index contributed by atoms with van der Waals surface area (Å²) in [5, 5.41) is 0. The minimum atomic E-state index is -4.20. The molecule has 0 rings (SSSR count). The second kappa shape index (κ2) is 3.81. The van der Waals surface area contributed by atoms with Crippen molar-refractivity contribution in [1.29, 1.82) is 0 Å². The quantitative estimate of drug-likeness (QED) is 0.578. The first-order chi connectivity index (χ1) is 4.06. The van der Waals surface area contributed by atoms with Crippen molar-refractivity contribution in [1.82, 2.24) is 4.72 Å². The van der Waals surface area contributed by atoms with E-state index < -0.39 is 10.3 Å². The van der Waals surface area contributed by atoms with Crippen LogP contribution in [0.3, 0.4) is 0 Å².